The van der Waals surface area contributed by atoms with E-state index in [0.29, 0.717) is 0 Å². The highest BCUT2D eigenvalue weighted by molar-refractivity contribution is 7.99. The van der Waals surface area contributed by atoms with Crippen LogP contribution < -0.4 is 0 Å². The summed E-state index contributed by atoms with van der Waals surface area (Å²) in [5, 5.41) is 8.95. The first kappa shape index (κ1) is 13.4. The number of imidazole rings is 1. The molecule has 18 heavy (non-hydrogen) atoms. The van der Waals surface area contributed by atoms with Crippen molar-refractivity contribution in [3.8, 4) is 0 Å². The van der Waals surface area contributed by atoms with Gasteiger partial charge in [0.05, 0.1) is 13.0 Å². The lowest BCUT2D eigenvalue weighted by Crippen LogP contribution is -2.43. The zero-order chi connectivity index (χ0) is 13.0. The molecule has 0 amide bonds. The third-order valence-electron chi connectivity index (χ3n) is 3.25. The number of thioether (sulfide) groups is 1. The minimum atomic E-state index is -0.716. The normalized spacial score (nSPS) is 21.1. The SMILES string of the molecule is CCn1ccnc1CN1CCSCC1CC(=O)O. The zero-order valence-electron chi connectivity index (χ0n) is 10.6. The van der Waals surface area contributed by atoms with Gasteiger partial charge in [0.15, 0.2) is 0 Å². The fraction of sp³-hybridized carbons (Fsp3) is 0.667. The Kier molecular flexibility index (Phi) is 4.66. The van der Waals surface area contributed by atoms with E-state index in [1.807, 2.05) is 24.2 Å². The van der Waals surface area contributed by atoms with Crippen LogP contribution in [0.15, 0.2) is 12.4 Å². The summed E-state index contributed by atoms with van der Waals surface area (Å²) in [5.74, 6) is 2.29. The Hall–Kier alpha value is -1.01. The Bertz CT molecular complexity index is 408. The monoisotopic (exact) mass is 269 g/mol. The smallest absolute Gasteiger partial charge is 0.304 e. The van der Waals surface area contributed by atoms with Crippen LogP contribution in [0, 0.1) is 0 Å². The van der Waals surface area contributed by atoms with Crippen LogP contribution in [0.5, 0.6) is 0 Å². The van der Waals surface area contributed by atoms with Crippen LogP contribution in [0.1, 0.15) is 19.2 Å². The van der Waals surface area contributed by atoms with Gasteiger partial charge < -0.3 is 9.67 Å². The Balaban J connectivity index is 2.03. The molecule has 2 heterocycles. The first-order chi connectivity index (χ1) is 8.70. The number of carboxylic acids is 1. The number of nitrogens with zero attached hydrogens (tertiary/aromatic N) is 3. The molecule has 1 aliphatic rings. The first-order valence-corrected chi connectivity index (χ1v) is 7.39. The van der Waals surface area contributed by atoms with Gasteiger partial charge in [0.1, 0.15) is 5.82 Å². The summed E-state index contributed by atoms with van der Waals surface area (Å²) in [4.78, 5) is 17.5. The molecular weight excluding hydrogens is 250 g/mol. The number of aromatic nitrogens is 2. The molecule has 0 aromatic carbocycles. The van der Waals surface area contributed by atoms with Gasteiger partial charge in [-0.25, -0.2) is 4.98 Å². The molecule has 0 bridgehead atoms. The van der Waals surface area contributed by atoms with Gasteiger partial charge in [-0.1, -0.05) is 0 Å². The van der Waals surface area contributed by atoms with Gasteiger partial charge in [0.25, 0.3) is 0 Å². The Morgan fingerprint density at radius 1 is 1.67 bits per heavy atom. The number of carbonyl (C=O) groups is 1. The van der Waals surface area contributed by atoms with Crippen molar-refractivity contribution < 1.29 is 9.90 Å². The Morgan fingerprint density at radius 2 is 2.50 bits per heavy atom. The third kappa shape index (κ3) is 3.26. The quantitative estimate of drug-likeness (QED) is 0.873. The average molecular weight is 269 g/mol. The molecule has 1 fully saturated rings. The molecule has 1 atom stereocenters. The molecule has 0 radical (unpaired) electrons. The number of aliphatic carboxylic acids is 1. The van der Waals surface area contributed by atoms with Crippen molar-refractivity contribution in [2.45, 2.75) is 32.5 Å². The fourth-order valence-corrected chi connectivity index (χ4v) is 3.38. The van der Waals surface area contributed by atoms with Gasteiger partial charge in [-0.05, 0) is 6.92 Å². The van der Waals surface area contributed by atoms with E-state index in [-0.39, 0.29) is 12.5 Å². The highest BCUT2D eigenvalue weighted by atomic mass is 32.2. The van der Waals surface area contributed by atoms with E-state index in [1.165, 1.54) is 0 Å². The van der Waals surface area contributed by atoms with Crippen LogP contribution in [-0.2, 0) is 17.9 Å². The molecular formula is C12H19N3O2S. The lowest BCUT2D eigenvalue weighted by molar-refractivity contribution is -0.138. The molecule has 0 saturated carbocycles. The van der Waals surface area contributed by atoms with Gasteiger partial charge >= 0.3 is 5.97 Å². The average Bonchev–Trinajstić information content (AvgIpc) is 2.78. The molecule has 1 N–H and O–H groups in total. The lowest BCUT2D eigenvalue weighted by Gasteiger charge is -2.34. The predicted octanol–water partition coefficient (Wildman–Crippen LogP) is 1.30. The number of rotatable bonds is 5. The van der Waals surface area contributed by atoms with Crippen molar-refractivity contribution >= 4 is 17.7 Å². The van der Waals surface area contributed by atoms with Crippen molar-refractivity contribution in [3.63, 3.8) is 0 Å². The Labute approximate surface area is 111 Å². The number of carboxylic acid groups (broad SMARTS) is 1. The summed E-state index contributed by atoms with van der Waals surface area (Å²) in [6.45, 7) is 4.69. The predicted molar refractivity (Wildman–Crippen MR) is 71.7 cm³/mol. The van der Waals surface area contributed by atoms with Crippen molar-refractivity contribution in [1.29, 1.82) is 0 Å². The van der Waals surface area contributed by atoms with Gasteiger partial charge in [0, 0.05) is 43.0 Å². The first-order valence-electron chi connectivity index (χ1n) is 6.24. The van der Waals surface area contributed by atoms with E-state index in [9.17, 15) is 4.79 Å². The maximum absolute atomic E-state index is 10.9. The summed E-state index contributed by atoms with van der Waals surface area (Å²) < 4.78 is 2.11. The van der Waals surface area contributed by atoms with Crippen LogP contribution in [0.2, 0.25) is 0 Å². The second kappa shape index (κ2) is 6.24. The number of aryl methyl sites for hydroxylation is 1. The van der Waals surface area contributed by atoms with Crippen LogP contribution in [0.3, 0.4) is 0 Å². The lowest BCUT2D eigenvalue weighted by atomic mass is 10.2. The van der Waals surface area contributed by atoms with Crippen molar-refractivity contribution in [1.82, 2.24) is 14.5 Å². The van der Waals surface area contributed by atoms with Crippen LogP contribution in [0.4, 0.5) is 0 Å². The van der Waals surface area contributed by atoms with Gasteiger partial charge in [0.2, 0.25) is 0 Å². The molecule has 1 saturated heterocycles. The second-order valence-corrected chi connectivity index (χ2v) is 5.58. The molecule has 1 aromatic heterocycles. The topological polar surface area (TPSA) is 58.4 Å². The summed E-state index contributed by atoms with van der Waals surface area (Å²) in [5.41, 5.74) is 0. The molecule has 6 heteroatoms. The van der Waals surface area contributed by atoms with Gasteiger partial charge in [-0.15, -0.1) is 0 Å². The van der Waals surface area contributed by atoms with Gasteiger partial charge in [-0.2, -0.15) is 11.8 Å². The summed E-state index contributed by atoms with van der Waals surface area (Å²) >= 11 is 1.84. The van der Waals surface area contributed by atoms with E-state index in [4.69, 9.17) is 5.11 Å². The molecule has 0 spiro atoms. The van der Waals surface area contributed by atoms with Crippen LogP contribution in [-0.4, -0.2) is 49.6 Å². The molecule has 2 rings (SSSR count). The van der Waals surface area contributed by atoms with Crippen LogP contribution in [0.25, 0.3) is 0 Å². The standard InChI is InChI=1S/C12H19N3O2S/c1-2-14-4-3-13-11(14)8-15-5-6-18-9-10(15)7-12(16)17/h3-4,10H,2,5-9H2,1H3,(H,16,17). The van der Waals surface area contributed by atoms with Crippen molar-refractivity contribution in [2.24, 2.45) is 0 Å². The van der Waals surface area contributed by atoms with E-state index in [1.54, 1.807) is 0 Å². The highest BCUT2D eigenvalue weighted by Crippen LogP contribution is 2.20. The molecule has 1 aromatic rings. The van der Waals surface area contributed by atoms with Gasteiger partial charge in [-0.3, -0.25) is 9.69 Å². The number of hydrogen-bond acceptors (Lipinski definition) is 4. The third-order valence-corrected chi connectivity index (χ3v) is 4.34. The van der Waals surface area contributed by atoms with E-state index in [2.05, 4.69) is 21.4 Å². The minimum Gasteiger partial charge on any atom is -0.481 e. The van der Waals surface area contributed by atoms with E-state index >= 15 is 0 Å². The highest BCUT2D eigenvalue weighted by Gasteiger charge is 2.25. The minimum absolute atomic E-state index is 0.128. The van der Waals surface area contributed by atoms with E-state index in [0.717, 1.165) is 37.0 Å². The molecule has 100 valence electrons. The summed E-state index contributed by atoms with van der Waals surface area (Å²) in [6.07, 6.45) is 4.00. The second-order valence-electron chi connectivity index (χ2n) is 4.43. The maximum atomic E-state index is 10.9. The molecule has 5 nitrogen and oxygen atoms in total. The van der Waals surface area contributed by atoms with E-state index < -0.39 is 5.97 Å². The fourth-order valence-electron chi connectivity index (χ4n) is 2.25. The Morgan fingerprint density at radius 3 is 3.22 bits per heavy atom. The van der Waals surface area contributed by atoms with Crippen molar-refractivity contribution in [2.75, 3.05) is 18.1 Å². The van der Waals surface area contributed by atoms with Crippen molar-refractivity contribution in [3.05, 3.63) is 18.2 Å². The maximum Gasteiger partial charge on any atom is 0.304 e. The molecule has 1 unspecified atom stereocenters. The molecule has 0 aliphatic carbocycles. The largest absolute Gasteiger partial charge is 0.481 e. The zero-order valence-corrected chi connectivity index (χ0v) is 11.4. The number of hydrogen-bond donors (Lipinski definition) is 1. The summed E-state index contributed by atoms with van der Waals surface area (Å²) in [6, 6.07) is 0.128. The molecule has 1 aliphatic heterocycles. The summed E-state index contributed by atoms with van der Waals surface area (Å²) in [7, 11) is 0. The van der Waals surface area contributed by atoms with Crippen LogP contribution >= 0.6 is 11.8 Å².